The highest BCUT2D eigenvalue weighted by Gasteiger charge is 1.84. The second-order valence-electron chi connectivity index (χ2n) is 1.51. The number of aryl methyl sites for hydroxylation is 1. The van der Waals surface area contributed by atoms with Crippen molar-refractivity contribution in [2.75, 3.05) is 0 Å². The van der Waals surface area contributed by atoms with E-state index in [1.807, 2.05) is 13.0 Å². The maximum Gasteiger partial charge on any atom is 0.0605 e. The van der Waals surface area contributed by atoms with Crippen LogP contribution in [0.25, 0.3) is 0 Å². The van der Waals surface area contributed by atoms with Crippen molar-refractivity contribution < 1.29 is 0 Å². The molecule has 0 aromatic carbocycles. The van der Waals surface area contributed by atoms with Gasteiger partial charge >= 0.3 is 0 Å². The molecular formula is C6H5N2. The molecule has 39 valence electrons. The van der Waals surface area contributed by atoms with Crippen molar-refractivity contribution in [1.82, 2.24) is 9.78 Å². The van der Waals surface area contributed by atoms with Gasteiger partial charge in [-0.05, 0) is 13.0 Å². The molecule has 2 heteroatoms. The average molecular weight is 105 g/mol. The maximum atomic E-state index is 6.61. The summed E-state index contributed by atoms with van der Waals surface area (Å²) < 4.78 is 1.33. The molecule has 0 saturated heterocycles. The molecule has 0 aliphatic carbocycles. The van der Waals surface area contributed by atoms with E-state index in [1.54, 1.807) is 6.20 Å². The largest absolute Gasteiger partial charge is 0.196 e. The number of nitrogens with zero attached hydrogens (tertiary/aromatic N) is 2. The maximum absolute atomic E-state index is 6.61. The summed E-state index contributed by atoms with van der Waals surface area (Å²) in [4.78, 5) is 0. The molecule has 1 radical (unpaired) electrons. The van der Waals surface area contributed by atoms with Gasteiger partial charge in [0.05, 0.1) is 5.69 Å². The van der Waals surface area contributed by atoms with Crippen LogP contribution in [0.4, 0.5) is 0 Å². The van der Waals surface area contributed by atoms with Crippen LogP contribution < -0.4 is 0 Å². The number of rotatable bonds is 0. The minimum atomic E-state index is 0.907. The van der Waals surface area contributed by atoms with E-state index in [-0.39, 0.29) is 0 Å². The van der Waals surface area contributed by atoms with Gasteiger partial charge < -0.3 is 0 Å². The Morgan fingerprint density at radius 1 is 1.88 bits per heavy atom. The summed E-state index contributed by atoms with van der Waals surface area (Å²) in [6.07, 6.45) is 8.29. The predicted molar refractivity (Wildman–Crippen MR) is 29.5 cm³/mol. The fraction of sp³-hybridized carbons (Fsp3) is 0.167. The molecular weight excluding hydrogens is 100 g/mol. The fourth-order valence-electron chi connectivity index (χ4n) is 0.477. The zero-order chi connectivity index (χ0) is 5.98. The first kappa shape index (κ1) is 4.92. The molecule has 2 nitrogen and oxygen atoms in total. The van der Waals surface area contributed by atoms with E-state index in [0.29, 0.717) is 0 Å². The summed E-state index contributed by atoms with van der Waals surface area (Å²) in [5.41, 5.74) is 0.907. The van der Waals surface area contributed by atoms with Gasteiger partial charge in [0, 0.05) is 18.7 Å². The molecule has 1 heterocycles. The zero-order valence-electron chi connectivity index (χ0n) is 4.55. The zero-order valence-corrected chi connectivity index (χ0v) is 4.55. The van der Waals surface area contributed by atoms with Crippen LogP contribution in [0.15, 0.2) is 12.3 Å². The molecule has 0 aliphatic heterocycles. The normalized spacial score (nSPS) is 8.50. The third-order valence-corrected chi connectivity index (χ3v) is 0.837. The lowest BCUT2D eigenvalue weighted by Gasteiger charge is -1.78. The highest BCUT2D eigenvalue weighted by Crippen LogP contribution is 1.88. The van der Waals surface area contributed by atoms with Gasteiger partial charge in [0.15, 0.2) is 0 Å². The Kier molecular flexibility index (Phi) is 1.05. The quantitative estimate of drug-likeness (QED) is 0.441. The third kappa shape index (κ3) is 0.710. The fourth-order valence-corrected chi connectivity index (χ4v) is 0.477. The van der Waals surface area contributed by atoms with Crippen molar-refractivity contribution in [3.8, 4) is 6.04 Å². The molecule has 0 atom stereocenters. The van der Waals surface area contributed by atoms with Gasteiger partial charge in [0.25, 0.3) is 0 Å². The van der Waals surface area contributed by atoms with E-state index >= 15 is 0 Å². The van der Waals surface area contributed by atoms with Gasteiger partial charge in [-0.15, -0.1) is 0 Å². The van der Waals surface area contributed by atoms with Crippen molar-refractivity contribution in [3.05, 3.63) is 24.4 Å². The Hall–Kier alpha value is -1.23. The third-order valence-electron chi connectivity index (χ3n) is 0.837. The first-order valence-corrected chi connectivity index (χ1v) is 2.28. The Morgan fingerprint density at radius 3 is 2.88 bits per heavy atom. The predicted octanol–water partition coefficient (Wildman–Crippen LogP) is 0.587. The molecule has 0 unspecified atom stereocenters. The van der Waals surface area contributed by atoms with Crippen LogP contribution in [0, 0.1) is 19.4 Å². The monoisotopic (exact) mass is 105 g/mol. The highest BCUT2D eigenvalue weighted by molar-refractivity contribution is 4.99. The molecule has 1 aromatic rings. The van der Waals surface area contributed by atoms with Crippen molar-refractivity contribution in [3.63, 3.8) is 0 Å². The Balaban J connectivity index is 3.05. The van der Waals surface area contributed by atoms with Crippen LogP contribution >= 0.6 is 0 Å². The van der Waals surface area contributed by atoms with Crippen molar-refractivity contribution in [2.24, 2.45) is 0 Å². The Morgan fingerprint density at radius 2 is 2.62 bits per heavy atom. The van der Waals surface area contributed by atoms with Gasteiger partial charge in [-0.1, -0.05) is 0 Å². The highest BCUT2D eigenvalue weighted by atomic mass is 15.2. The second kappa shape index (κ2) is 1.71. The van der Waals surface area contributed by atoms with Crippen molar-refractivity contribution in [2.45, 2.75) is 6.92 Å². The summed E-state index contributed by atoms with van der Waals surface area (Å²) >= 11 is 0. The number of hydrogen-bond donors (Lipinski definition) is 0. The molecule has 0 spiro atoms. The van der Waals surface area contributed by atoms with Gasteiger partial charge in [-0.25, -0.2) is 0 Å². The van der Waals surface area contributed by atoms with Gasteiger partial charge in [0.1, 0.15) is 0 Å². The van der Waals surface area contributed by atoms with Gasteiger partial charge in [-0.3, -0.25) is 0 Å². The van der Waals surface area contributed by atoms with E-state index in [9.17, 15) is 0 Å². The standard InChI is InChI=1S/C6H5N2/c1-3-8-5-4-6(2)7-8/h4-5H,2H3. The lowest BCUT2D eigenvalue weighted by atomic mass is 10.5. The van der Waals surface area contributed by atoms with E-state index in [0.717, 1.165) is 5.69 Å². The molecule has 0 amide bonds. The van der Waals surface area contributed by atoms with E-state index in [2.05, 4.69) is 11.1 Å². The molecule has 0 aliphatic rings. The summed E-state index contributed by atoms with van der Waals surface area (Å²) in [5, 5.41) is 3.85. The van der Waals surface area contributed by atoms with Crippen molar-refractivity contribution in [1.29, 1.82) is 0 Å². The Labute approximate surface area is 48.1 Å². The lowest BCUT2D eigenvalue weighted by Crippen LogP contribution is -1.86. The lowest BCUT2D eigenvalue weighted by molar-refractivity contribution is 0.895. The average Bonchev–Trinajstić information content (AvgIpc) is 2.14. The van der Waals surface area contributed by atoms with Crippen LogP contribution in [0.2, 0.25) is 0 Å². The number of hydrogen-bond acceptors (Lipinski definition) is 1. The Bertz CT molecular complexity index is 217. The first-order chi connectivity index (χ1) is 3.83. The van der Waals surface area contributed by atoms with Crippen LogP contribution in [0.3, 0.4) is 0 Å². The minimum absolute atomic E-state index is 0.907. The van der Waals surface area contributed by atoms with Crippen LogP contribution in [-0.2, 0) is 0 Å². The van der Waals surface area contributed by atoms with E-state index in [4.69, 9.17) is 6.42 Å². The smallest absolute Gasteiger partial charge is 0.0605 e. The summed E-state index contributed by atoms with van der Waals surface area (Å²) in [6, 6.07) is 3.92. The second-order valence-corrected chi connectivity index (χ2v) is 1.51. The first-order valence-electron chi connectivity index (χ1n) is 2.28. The molecule has 0 bridgehead atoms. The molecule has 8 heavy (non-hydrogen) atoms. The molecule has 1 aromatic heterocycles. The number of aromatic nitrogens is 2. The van der Waals surface area contributed by atoms with E-state index < -0.39 is 0 Å². The minimum Gasteiger partial charge on any atom is -0.196 e. The van der Waals surface area contributed by atoms with Crippen LogP contribution in [0.5, 0.6) is 0 Å². The van der Waals surface area contributed by atoms with Crippen molar-refractivity contribution >= 4 is 0 Å². The molecule has 0 N–H and O–H groups in total. The molecule has 0 saturated carbocycles. The molecule has 0 fully saturated rings. The molecule has 1 rings (SSSR count). The van der Waals surface area contributed by atoms with Crippen LogP contribution in [-0.4, -0.2) is 9.78 Å². The van der Waals surface area contributed by atoms with Gasteiger partial charge in [0.2, 0.25) is 0 Å². The summed E-state index contributed by atoms with van der Waals surface area (Å²) in [6.45, 7) is 1.87. The summed E-state index contributed by atoms with van der Waals surface area (Å²) in [7, 11) is 0. The topological polar surface area (TPSA) is 17.8 Å². The van der Waals surface area contributed by atoms with E-state index in [1.165, 1.54) is 4.68 Å². The SMILES string of the molecule is [C]#Cn1ccc(C)n1. The van der Waals surface area contributed by atoms with Gasteiger partial charge in [-0.2, -0.15) is 9.78 Å². The summed E-state index contributed by atoms with van der Waals surface area (Å²) in [5.74, 6) is 0. The van der Waals surface area contributed by atoms with Crippen LogP contribution in [0.1, 0.15) is 5.69 Å².